The number of hydrogen-bond donors (Lipinski definition) is 3. The molecule has 1 aliphatic heterocycles. The van der Waals surface area contributed by atoms with Gasteiger partial charge in [0, 0.05) is 0 Å². The van der Waals surface area contributed by atoms with Gasteiger partial charge in [0.05, 0.1) is 19.5 Å². The summed E-state index contributed by atoms with van der Waals surface area (Å²) in [5.74, 6) is 0.175. The van der Waals surface area contributed by atoms with E-state index in [0.29, 0.717) is 17.6 Å². The van der Waals surface area contributed by atoms with E-state index in [1.165, 1.54) is 13.4 Å². The van der Waals surface area contributed by atoms with Crippen LogP contribution in [0, 0.1) is 0 Å². The Bertz CT molecular complexity index is 820. The highest BCUT2D eigenvalue weighted by Crippen LogP contribution is 2.40. The molecule has 0 aliphatic carbocycles. The van der Waals surface area contributed by atoms with Gasteiger partial charge in [-0.1, -0.05) is 0 Å². The highest BCUT2D eigenvalue weighted by Gasteiger charge is 2.44. The fraction of sp³-hybridized carbons (Fsp3) is 0.600. The maximum absolute atomic E-state index is 10.4. The molecule has 1 saturated heterocycles. The maximum atomic E-state index is 10.4. The van der Waals surface area contributed by atoms with Crippen LogP contribution in [-0.2, 0) is 4.74 Å². The molecule has 0 radical (unpaired) electrons. The number of ether oxygens (including phenoxy) is 2. The van der Waals surface area contributed by atoms with Crippen molar-refractivity contribution in [3.8, 4) is 6.01 Å². The number of fused-ring (bicyclic) bond motifs is 1. The van der Waals surface area contributed by atoms with Gasteiger partial charge in [-0.25, -0.2) is 4.98 Å². The van der Waals surface area contributed by atoms with Crippen molar-refractivity contribution < 1.29 is 19.7 Å². The van der Waals surface area contributed by atoms with E-state index < -0.39 is 31.4 Å². The normalized spacial score (nSPS) is 27.1. The monoisotopic (exact) mass is 369 g/mol. The molecule has 0 spiro atoms. The third-order valence-corrected chi connectivity index (χ3v) is 5.71. The van der Waals surface area contributed by atoms with Gasteiger partial charge in [0.15, 0.2) is 23.2 Å². The smallest absolute Gasteiger partial charge is 0.320 e. The molecule has 2 aromatic rings. The Labute approximate surface area is 145 Å². The second-order valence-electron chi connectivity index (χ2n) is 6.91. The summed E-state index contributed by atoms with van der Waals surface area (Å²) in [6.07, 6.45) is 3.75. The first-order valence-electron chi connectivity index (χ1n) is 7.94. The second kappa shape index (κ2) is 6.57. The van der Waals surface area contributed by atoms with Crippen molar-refractivity contribution in [2.45, 2.75) is 31.0 Å². The average molecular weight is 369 g/mol. The molecule has 4 atom stereocenters. The Morgan fingerprint density at radius 3 is 2.72 bits per heavy atom. The largest absolute Gasteiger partial charge is 0.467 e. The van der Waals surface area contributed by atoms with E-state index in [1.54, 1.807) is 4.57 Å². The number of methoxy groups -OCH3 is 1. The zero-order valence-electron chi connectivity index (χ0n) is 14.5. The summed E-state index contributed by atoms with van der Waals surface area (Å²) in [5, 5.41) is 20.8. The Morgan fingerprint density at radius 1 is 1.36 bits per heavy atom. The van der Waals surface area contributed by atoms with E-state index in [2.05, 4.69) is 34.6 Å². The molecule has 1 fully saturated rings. The molecule has 0 saturated carbocycles. The summed E-state index contributed by atoms with van der Waals surface area (Å²) in [4.78, 5) is 12.4. The number of aliphatic hydroxyl groups excluding tert-OH is 2. The van der Waals surface area contributed by atoms with Crippen LogP contribution in [-0.4, -0.2) is 80.9 Å². The SMILES string of the molecule is C=P(C)(C)CCC1O[C@@H](n2cnc3c(N)nc(OC)nc32)[C@H](O)[C@@H]1O. The molecule has 3 rings (SSSR count). The van der Waals surface area contributed by atoms with Crippen LogP contribution >= 0.6 is 6.89 Å². The average Bonchev–Trinajstić information content (AvgIpc) is 3.08. The number of rotatable bonds is 5. The molecule has 25 heavy (non-hydrogen) atoms. The van der Waals surface area contributed by atoms with Gasteiger partial charge in [-0.15, -0.1) is 13.2 Å². The van der Waals surface area contributed by atoms with Crippen LogP contribution in [0.2, 0.25) is 0 Å². The van der Waals surface area contributed by atoms with E-state index in [1.807, 2.05) is 0 Å². The Hall–Kier alpha value is -1.67. The van der Waals surface area contributed by atoms with Crippen molar-refractivity contribution in [1.29, 1.82) is 0 Å². The molecule has 2 aromatic heterocycles. The lowest BCUT2D eigenvalue weighted by Crippen LogP contribution is -2.31. The first kappa shape index (κ1) is 18.1. The zero-order valence-corrected chi connectivity index (χ0v) is 15.4. The maximum Gasteiger partial charge on any atom is 0.320 e. The van der Waals surface area contributed by atoms with E-state index in [0.717, 1.165) is 6.16 Å². The van der Waals surface area contributed by atoms with E-state index in [4.69, 9.17) is 15.2 Å². The lowest BCUT2D eigenvalue weighted by molar-refractivity contribution is -0.0353. The minimum atomic E-state index is -1.25. The van der Waals surface area contributed by atoms with Crippen molar-refractivity contribution in [3.05, 3.63) is 6.33 Å². The quantitative estimate of drug-likeness (QED) is 0.635. The van der Waals surface area contributed by atoms with E-state index in [9.17, 15) is 10.2 Å². The van der Waals surface area contributed by atoms with Crippen LogP contribution < -0.4 is 10.5 Å². The molecule has 0 bridgehead atoms. The minimum absolute atomic E-state index is 0.0972. The van der Waals surface area contributed by atoms with Gasteiger partial charge in [0.1, 0.15) is 12.2 Å². The summed E-state index contributed by atoms with van der Waals surface area (Å²) in [5.41, 5.74) is 6.64. The fourth-order valence-electron chi connectivity index (χ4n) is 2.87. The van der Waals surface area contributed by atoms with Crippen molar-refractivity contribution in [1.82, 2.24) is 19.5 Å². The minimum Gasteiger partial charge on any atom is -0.467 e. The van der Waals surface area contributed by atoms with Crippen molar-refractivity contribution in [3.63, 3.8) is 0 Å². The molecule has 9 nitrogen and oxygen atoms in total. The summed E-state index contributed by atoms with van der Waals surface area (Å²) in [6, 6.07) is 0.0972. The molecule has 138 valence electrons. The van der Waals surface area contributed by atoms with Gasteiger partial charge in [-0.3, -0.25) is 4.57 Å². The van der Waals surface area contributed by atoms with Crippen LogP contribution in [0.15, 0.2) is 6.33 Å². The van der Waals surface area contributed by atoms with Gasteiger partial charge in [0.25, 0.3) is 0 Å². The highest BCUT2D eigenvalue weighted by atomic mass is 31.2. The third kappa shape index (κ3) is 3.50. The topological polar surface area (TPSA) is 129 Å². The molecule has 4 N–H and O–H groups in total. The highest BCUT2D eigenvalue weighted by molar-refractivity contribution is 7.72. The number of imidazole rings is 1. The molecular weight excluding hydrogens is 345 g/mol. The first-order chi connectivity index (χ1) is 11.7. The molecular formula is C15H24N5O4P. The lowest BCUT2D eigenvalue weighted by atomic mass is 10.1. The van der Waals surface area contributed by atoms with Crippen molar-refractivity contribution in [2.24, 2.45) is 0 Å². The van der Waals surface area contributed by atoms with Gasteiger partial charge in [-0.2, -0.15) is 9.97 Å². The van der Waals surface area contributed by atoms with Gasteiger partial charge < -0.3 is 25.4 Å². The first-order valence-corrected chi connectivity index (χ1v) is 11.0. The van der Waals surface area contributed by atoms with Crippen LogP contribution in [0.25, 0.3) is 11.2 Å². The predicted octanol–water partition coefficient (Wildman–Crippen LogP) is 0.136. The third-order valence-electron chi connectivity index (χ3n) is 4.24. The zero-order chi connectivity index (χ0) is 18.4. The number of nitrogens with zero attached hydrogens (tertiary/aromatic N) is 4. The van der Waals surface area contributed by atoms with Crippen LogP contribution in [0.4, 0.5) is 5.82 Å². The number of nitrogen functional groups attached to an aromatic ring is 1. The standard InChI is InChI=1S/C15H24N5O4P/c1-23-15-18-12(16)9-13(19-15)20(7-17-9)14-11(22)10(21)8(24-14)5-6-25(2,3)4/h7-8,10-11,14,21-22H,2,5-6H2,1,3-4H3,(H2,16,18,19)/t8?,10-,11-,14-/m1/s1. The van der Waals surface area contributed by atoms with Crippen LogP contribution in [0.5, 0.6) is 6.01 Å². The second-order valence-corrected chi connectivity index (χ2v) is 11.2. The summed E-state index contributed by atoms with van der Waals surface area (Å²) >= 11 is 0. The predicted molar refractivity (Wildman–Crippen MR) is 97.6 cm³/mol. The Balaban J connectivity index is 1.90. The van der Waals surface area contributed by atoms with Crippen molar-refractivity contribution in [2.75, 3.05) is 32.3 Å². The summed E-state index contributed by atoms with van der Waals surface area (Å²) < 4.78 is 12.5. The molecule has 1 aliphatic rings. The number of aliphatic hydroxyl groups is 2. The van der Waals surface area contributed by atoms with E-state index in [-0.39, 0.29) is 11.8 Å². The van der Waals surface area contributed by atoms with E-state index >= 15 is 0 Å². The van der Waals surface area contributed by atoms with Gasteiger partial charge in [-0.05, 0) is 25.9 Å². The molecule has 0 aromatic carbocycles. The van der Waals surface area contributed by atoms with Crippen LogP contribution in [0.3, 0.4) is 0 Å². The van der Waals surface area contributed by atoms with Crippen LogP contribution in [0.1, 0.15) is 12.6 Å². The molecule has 0 amide bonds. The summed E-state index contributed by atoms with van der Waals surface area (Å²) in [6.45, 7) is 3.00. The molecule has 10 heteroatoms. The summed E-state index contributed by atoms with van der Waals surface area (Å²) in [7, 11) is 1.44. The fourth-order valence-corrected chi connectivity index (χ4v) is 3.82. The lowest BCUT2D eigenvalue weighted by Gasteiger charge is -2.18. The number of anilines is 1. The van der Waals surface area contributed by atoms with Gasteiger partial charge in [0.2, 0.25) is 0 Å². The van der Waals surface area contributed by atoms with Crippen molar-refractivity contribution >= 4 is 30.2 Å². The molecule has 3 heterocycles. The van der Waals surface area contributed by atoms with Gasteiger partial charge >= 0.3 is 6.01 Å². The number of aromatic nitrogens is 4. The molecule has 1 unspecified atom stereocenters. The Morgan fingerprint density at radius 2 is 2.08 bits per heavy atom. The Kier molecular flexibility index (Phi) is 4.76. The number of nitrogens with two attached hydrogens (primary N) is 1. The number of hydrogen-bond acceptors (Lipinski definition) is 8.